The molecule has 0 aromatic heterocycles. The standard InChI is InChI=1S/C28H33N3O5S2/c1-2-15-36-31-27-24-16-20(37(29,32)33)13-14-21(24)23-17-22(18-9-5-3-6-10-18)28(38(30,34)35)25(26(23)27)19-11-7-4-8-12-19/h1,13-14,16-19H,3-12,15H2,(H2,29,32,33)(H2,30,34,35). The Bertz CT molecular complexity index is 1540. The Hall–Kier alpha value is -2.71. The third-order valence-corrected chi connectivity index (χ3v) is 10.0. The minimum Gasteiger partial charge on any atom is -0.382 e. The minimum absolute atomic E-state index is 0.0285. The van der Waals surface area contributed by atoms with E-state index in [2.05, 4.69) is 11.1 Å². The Labute approximate surface area is 224 Å². The summed E-state index contributed by atoms with van der Waals surface area (Å²) in [6.07, 6.45) is 15.1. The number of oxime groups is 1. The maximum Gasteiger partial charge on any atom is 0.238 e. The van der Waals surface area contributed by atoms with E-state index < -0.39 is 20.0 Å². The predicted molar refractivity (Wildman–Crippen MR) is 147 cm³/mol. The number of hydrogen-bond acceptors (Lipinski definition) is 6. The number of nitrogens with two attached hydrogens (primary N) is 2. The van der Waals surface area contributed by atoms with E-state index in [4.69, 9.17) is 21.5 Å². The van der Waals surface area contributed by atoms with Crippen LogP contribution >= 0.6 is 0 Å². The van der Waals surface area contributed by atoms with Gasteiger partial charge in [-0.15, -0.1) is 6.42 Å². The number of rotatable bonds is 6. The molecule has 38 heavy (non-hydrogen) atoms. The molecule has 8 nitrogen and oxygen atoms in total. The van der Waals surface area contributed by atoms with Gasteiger partial charge >= 0.3 is 0 Å². The molecule has 2 saturated carbocycles. The summed E-state index contributed by atoms with van der Waals surface area (Å²) in [7, 11) is -8.09. The van der Waals surface area contributed by atoms with Gasteiger partial charge < -0.3 is 4.84 Å². The van der Waals surface area contributed by atoms with Crippen LogP contribution in [0.4, 0.5) is 0 Å². The first kappa shape index (κ1) is 26.9. The van der Waals surface area contributed by atoms with E-state index in [9.17, 15) is 16.8 Å². The van der Waals surface area contributed by atoms with Gasteiger partial charge in [0.05, 0.1) is 9.79 Å². The van der Waals surface area contributed by atoms with Gasteiger partial charge in [0, 0.05) is 11.1 Å². The lowest BCUT2D eigenvalue weighted by molar-refractivity contribution is 0.180. The van der Waals surface area contributed by atoms with Gasteiger partial charge in [0.1, 0.15) is 5.71 Å². The summed E-state index contributed by atoms with van der Waals surface area (Å²) in [5, 5.41) is 15.8. The third-order valence-electron chi connectivity index (χ3n) is 8.09. The first-order valence-electron chi connectivity index (χ1n) is 13.2. The van der Waals surface area contributed by atoms with Crippen molar-refractivity contribution in [2.45, 2.75) is 85.8 Å². The van der Waals surface area contributed by atoms with E-state index in [0.717, 1.165) is 80.9 Å². The van der Waals surface area contributed by atoms with Crippen molar-refractivity contribution in [1.82, 2.24) is 0 Å². The van der Waals surface area contributed by atoms with E-state index >= 15 is 0 Å². The summed E-state index contributed by atoms with van der Waals surface area (Å²) < 4.78 is 51.2. The van der Waals surface area contributed by atoms with Crippen LogP contribution in [0, 0.1) is 12.3 Å². The molecule has 0 spiro atoms. The maximum atomic E-state index is 13.4. The van der Waals surface area contributed by atoms with Crippen molar-refractivity contribution in [2.75, 3.05) is 6.61 Å². The fraction of sp³-hybridized carbons (Fsp3) is 0.464. The number of nitrogens with zero attached hydrogens (tertiary/aromatic N) is 1. The van der Waals surface area contributed by atoms with Crippen molar-refractivity contribution in [2.24, 2.45) is 15.4 Å². The van der Waals surface area contributed by atoms with Crippen molar-refractivity contribution in [3.8, 4) is 23.5 Å². The normalized spacial score (nSPS) is 19.7. The van der Waals surface area contributed by atoms with Crippen LogP contribution in [0.3, 0.4) is 0 Å². The molecule has 2 fully saturated rings. The summed E-state index contributed by atoms with van der Waals surface area (Å²) in [6.45, 7) is -0.0932. The monoisotopic (exact) mass is 555 g/mol. The molecule has 0 unspecified atom stereocenters. The van der Waals surface area contributed by atoms with E-state index in [0.29, 0.717) is 22.4 Å². The van der Waals surface area contributed by atoms with Crippen LogP contribution in [-0.4, -0.2) is 29.2 Å². The van der Waals surface area contributed by atoms with Gasteiger partial charge in [-0.25, -0.2) is 27.1 Å². The molecule has 0 saturated heterocycles. The Morgan fingerprint density at radius 3 is 2.05 bits per heavy atom. The quantitative estimate of drug-likeness (QED) is 0.262. The van der Waals surface area contributed by atoms with Crippen molar-refractivity contribution in [1.29, 1.82) is 0 Å². The highest BCUT2D eigenvalue weighted by Crippen LogP contribution is 2.50. The van der Waals surface area contributed by atoms with Crippen LogP contribution in [0.5, 0.6) is 0 Å². The molecule has 2 aromatic rings. The largest absolute Gasteiger partial charge is 0.382 e. The molecule has 3 aliphatic rings. The second-order valence-corrected chi connectivity index (χ2v) is 13.6. The number of benzene rings is 2. The topological polar surface area (TPSA) is 142 Å². The van der Waals surface area contributed by atoms with Crippen LogP contribution in [0.2, 0.25) is 0 Å². The number of terminal acetylenes is 1. The summed E-state index contributed by atoms with van der Waals surface area (Å²) in [4.78, 5) is 5.56. The van der Waals surface area contributed by atoms with E-state index in [-0.39, 0.29) is 28.2 Å². The molecular formula is C28H33N3O5S2. The molecule has 202 valence electrons. The molecule has 0 amide bonds. The highest BCUT2D eigenvalue weighted by molar-refractivity contribution is 7.89. The first-order chi connectivity index (χ1) is 18.1. The number of fused-ring (bicyclic) bond motifs is 3. The number of sulfonamides is 2. The van der Waals surface area contributed by atoms with Gasteiger partial charge in [0.15, 0.2) is 6.61 Å². The second-order valence-electron chi connectivity index (χ2n) is 10.5. The van der Waals surface area contributed by atoms with E-state index in [1.165, 1.54) is 12.1 Å². The lowest BCUT2D eigenvalue weighted by Crippen LogP contribution is -2.24. The first-order valence-corrected chi connectivity index (χ1v) is 16.3. The highest BCUT2D eigenvalue weighted by atomic mass is 32.2. The molecule has 10 heteroatoms. The molecule has 5 rings (SSSR count). The van der Waals surface area contributed by atoms with Crippen molar-refractivity contribution < 1.29 is 21.7 Å². The zero-order chi connectivity index (χ0) is 27.1. The summed E-state index contributed by atoms with van der Waals surface area (Å²) >= 11 is 0. The molecule has 3 aliphatic carbocycles. The Morgan fingerprint density at radius 1 is 0.842 bits per heavy atom. The molecule has 0 radical (unpaired) electrons. The summed E-state index contributed by atoms with van der Waals surface area (Å²) in [6, 6.07) is 6.60. The van der Waals surface area contributed by atoms with Gasteiger partial charge in [0.2, 0.25) is 20.0 Å². The fourth-order valence-corrected chi connectivity index (χ4v) is 8.15. The molecule has 4 N–H and O–H groups in total. The van der Waals surface area contributed by atoms with Crippen LogP contribution < -0.4 is 10.3 Å². The van der Waals surface area contributed by atoms with Crippen molar-refractivity contribution >= 4 is 25.8 Å². The van der Waals surface area contributed by atoms with Gasteiger partial charge in [-0.3, -0.25) is 0 Å². The van der Waals surface area contributed by atoms with Crippen LogP contribution in [0.1, 0.15) is 98.3 Å². The lowest BCUT2D eigenvalue weighted by atomic mass is 9.76. The SMILES string of the molecule is C#CCON=C1c2cc(S(N)(=O)=O)ccc2-c2cc(C3CCCCC3)c(S(N)(=O)=O)c(C3CCCCC3)c21. The molecule has 0 heterocycles. The van der Waals surface area contributed by atoms with Crippen molar-refractivity contribution in [3.63, 3.8) is 0 Å². The van der Waals surface area contributed by atoms with Gasteiger partial charge in [0.25, 0.3) is 0 Å². The van der Waals surface area contributed by atoms with Crippen LogP contribution in [-0.2, 0) is 24.9 Å². The number of hydrogen-bond donors (Lipinski definition) is 2. The average molecular weight is 556 g/mol. The molecular weight excluding hydrogens is 522 g/mol. The van der Waals surface area contributed by atoms with Gasteiger partial charge in [-0.05, 0) is 78.0 Å². The lowest BCUT2D eigenvalue weighted by Gasteiger charge is -2.31. The maximum absolute atomic E-state index is 13.4. The van der Waals surface area contributed by atoms with Gasteiger partial charge in [-0.2, -0.15) is 0 Å². The Kier molecular flexibility index (Phi) is 7.40. The van der Waals surface area contributed by atoms with Crippen molar-refractivity contribution in [3.05, 3.63) is 46.5 Å². The zero-order valence-electron chi connectivity index (χ0n) is 21.3. The van der Waals surface area contributed by atoms with Crippen LogP contribution in [0.25, 0.3) is 11.1 Å². The van der Waals surface area contributed by atoms with E-state index in [1.807, 2.05) is 6.07 Å². The molecule has 0 bridgehead atoms. The minimum atomic E-state index is -4.10. The zero-order valence-corrected chi connectivity index (χ0v) is 22.9. The Balaban J connectivity index is 1.87. The molecule has 0 aliphatic heterocycles. The second kappa shape index (κ2) is 10.5. The summed E-state index contributed by atoms with van der Waals surface area (Å²) in [5.74, 6) is 2.43. The highest BCUT2D eigenvalue weighted by Gasteiger charge is 2.39. The summed E-state index contributed by atoms with van der Waals surface area (Å²) in [5.41, 5.74) is 4.53. The predicted octanol–water partition coefficient (Wildman–Crippen LogP) is 4.46. The molecule has 0 atom stereocenters. The van der Waals surface area contributed by atoms with Gasteiger partial charge in [-0.1, -0.05) is 55.7 Å². The third kappa shape index (κ3) is 5.00. The number of primary sulfonamides is 2. The fourth-order valence-electron chi connectivity index (χ4n) is 6.48. The molecule has 2 aromatic carbocycles. The van der Waals surface area contributed by atoms with E-state index in [1.54, 1.807) is 6.07 Å². The average Bonchev–Trinajstić information content (AvgIpc) is 3.20. The van der Waals surface area contributed by atoms with Crippen LogP contribution in [0.15, 0.2) is 39.2 Å². The Morgan fingerprint density at radius 2 is 1.47 bits per heavy atom. The smallest absolute Gasteiger partial charge is 0.238 e.